The summed E-state index contributed by atoms with van der Waals surface area (Å²) in [5.41, 5.74) is 0. The van der Waals surface area contributed by atoms with Gasteiger partial charge in [-0.15, -0.1) is 0 Å². The van der Waals surface area contributed by atoms with E-state index in [-0.39, 0.29) is 25.2 Å². The monoisotopic (exact) mass is 510 g/mol. The number of hydrogen-bond acceptors (Lipinski definition) is 5. The number of allylic oxidation sites excluding steroid dienone is 2. The van der Waals surface area contributed by atoms with E-state index >= 15 is 0 Å². The zero-order valence-corrected chi connectivity index (χ0v) is 23.8. The van der Waals surface area contributed by atoms with Crippen molar-refractivity contribution in [3.63, 3.8) is 0 Å². The van der Waals surface area contributed by atoms with Crippen LogP contribution in [-0.2, 0) is 19.1 Å². The van der Waals surface area contributed by atoms with Crippen LogP contribution >= 0.6 is 0 Å². The van der Waals surface area contributed by atoms with Gasteiger partial charge in [-0.25, -0.2) is 0 Å². The second-order valence-electron chi connectivity index (χ2n) is 10.2. The third kappa shape index (κ3) is 25.7. The SMILES string of the molecule is CCCCCC/C=C\CCCCCCCC(=O)OCC(CO)OC(=O)CCCCCCCCCCC. The van der Waals surface area contributed by atoms with Gasteiger partial charge in [0.1, 0.15) is 6.61 Å². The first-order valence-electron chi connectivity index (χ1n) is 15.2. The fraction of sp³-hybridized carbons (Fsp3) is 0.871. The van der Waals surface area contributed by atoms with Crippen LogP contribution in [-0.4, -0.2) is 36.4 Å². The molecule has 0 spiro atoms. The Morgan fingerprint density at radius 3 is 1.53 bits per heavy atom. The number of unbranched alkanes of at least 4 members (excludes halogenated alkanes) is 17. The fourth-order valence-corrected chi connectivity index (χ4v) is 4.19. The molecule has 0 bridgehead atoms. The molecular weight excluding hydrogens is 452 g/mol. The Hall–Kier alpha value is -1.36. The lowest BCUT2D eigenvalue weighted by Crippen LogP contribution is -2.28. The first-order valence-corrected chi connectivity index (χ1v) is 15.2. The van der Waals surface area contributed by atoms with Crippen molar-refractivity contribution in [2.24, 2.45) is 0 Å². The summed E-state index contributed by atoms with van der Waals surface area (Å²) in [5.74, 6) is -0.603. The second kappa shape index (κ2) is 28.2. The van der Waals surface area contributed by atoms with Crippen molar-refractivity contribution >= 4 is 11.9 Å². The Balaban J connectivity index is 3.60. The first-order chi connectivity index (χ1) is 17.6. The largest absolute Gasteiger partial charge is 0.462 e. The van der Waals surface area contributed by atoms with Gasteiger partial charge in [0.05, 0.1) is 6.61 Å². The predicted molar refractivity (Wildman–Crippen MR) is 150 cm³/mol. The van der Waals surface area contributed by atoms with E-state index in [1.807, 2.05) is 0 Å². The zero-order chi connectivity index (χ0) is 26.5. The molecule has 0 fully saturated rings. The van der Waals surface area contributed by atoms with E-state index in [1.54, 1.807) is 0 Å². The Bertz CT molecular complexity index is 517. The van der Waals surface area contributed by atoms with E-state index in [4.69, 9.17) is 9.47 Å². The molecule has 1 unspecified atom stereocenters. The van der Waals surface area contributed by atoms with Crippen LogP contribution in [0.15, 0.2) is 12.2 Å². The average molecular weight is 511 g/mol. The molecule has 0 aliphatic rings. The van der Waals surface area contributed by atoms with E-state index in [1.165, 1.54) is 83.5 Å². The van der Waals surface area contributed by atoms with Crippen molar-refractivity contribution < 1.29 is 24.2 Å². The maximum Gasteiger partial charge on any atom is 0.306 e. The molecule has 0 aromatic heterocycles. The summed E-state index contributed by atoms with van der Waals surface area (Å²) < 4.78 is 10.5. The van der Waals surface area contributed by atoms with Gasteiger partial charge in [0.2, 0.25) is 0 Å². The van der Waals surface area contributed by atoms with Crippen LogP contribution in [0, 0.1) is 0 Å². The highest BCUT2D eigenvalue weighted by atomic mass is 16.6. The highest BCUT2D eigenvalue weighted by Crippen LogP contribution is 2.12. The van der Waals surface area contributed by atoms with Crippen LogP contribution < -0.4 is 0 Å². The molecular formula is C31H58O5. The molecule has 0 rings (SSSR count). The summed E-state index contributed by atoms with van der Waals surface area (Å²) in [6.45, 7) is 4.07. The lowest BCUT2D eigenvalue weighted by Gasteiger charge is -2.15. The highest BCUT2D eigenvalue weighted by Gasteiger charge is 2.16. The molecule has 5 heteroatoms. The first kappa shape index (κ1) is 34.6. The minimum Gasteiger partial charge on any atom is -0.462 e. The van der Waals surface area contributed by atoms with Gasteiger partial charge in [-0.05, 0) is 38.5 Å². The van der Waals surface area contributed by atoms with Gasteiger partial charge in [-0.1, -0.05) is 116 Å². The molecule has 0 amide bonds. The van der Waals surface area contributed by atoms with Crippen LogP contribution in [0.5, 0.6) is 0 Å². The van der Waals surface area contributed by atoms with Crippen LogP contribution in [0.25, 0.3) is 0 Å². The van der Waals surface area contributed by atoms with Crippen molar-refractivity contribution in [3.05, 3.63) is 12.2 Å². The number of aliphatic hydroxyl groups is 1. The van der Waals surface area contributed by atoms with Crippen molar-refractivity contribution in [1.82, 2.24) is 0 Å². The molecule has 0 radical (unpaired) electrons. The molecule has 1 N–H and O–H groups in total. The number of ether oxygens (including phenoxy) is 2. The van der Waals surface area contributed by atoms with Gasteiger partial charge in [0.15, 0.2) is 6.10 Å². The van der Waals surface area contributed by atoms with E-state index in [9.17, 15) is 14.7 Å². The van der Waals surface area contributed by atoms with Crippen LogP contribution in [0.3, 0.4) is 0 Å². The summed E-state index contributed by atoms with van der Waals surface area (Å²) in [7, 11) is 0. The molecule has 0 heterocycles. The molecule has 1 atom stereocenters. The van der Waals surface area contributed by atoms with Crippen LogP contribution in [0.1, 0.15) is 155 Å². The molecule has 5 nitrogen and oxygen atoms in total. The van der Waals surface area contributed by atoms with Gasteiger partial charge in [-0.2, -0.15) is 0 Å². The standard InChI is InChI=1S/C31H58O5/c1-3-5-7-9-11-13-14-15-16-18-19-21-23-25-30(33)35-28-29(27-32)36-31(34)26-24-22-20-17-12-10-8-6-4-2/h13-14,29,32H,3-12,15-28H2,1-2H3/b14-13-. The highest BCUT2D eigenvalue weighted by molar-refractivity contribution is 5.70. The Kier molecular flexibility index (Phi) is 27.1. The lowest BCUT2D eigenvalue weighted by molar-refractivity contribution is -0.161. The van der Waals surface area contributed by atoms with Gasteiger partial charge in [0.25, 0.3) is 0 Å². The van der Waals surface area contributed by atoms with E-state index < -0.39 is 6.10 Å². The Morgan fingerprint density at radius 1 is 0.611 bits per heavy atom. The van der Waals surface area contributed by atoms with Crippen molar-refractivity contribution in [3.8, 4) is 0 Å². The van der Waals surface area contributed by atoms with Gasteiger partial charge in [0, 0.05) is 12.8 Å². The molecule has 36 heavy (non-hydrogen) atoms. The average Bonchev–Trinajstić information content (AvgIpc) is 2.88. The van der Waals surface area contributed by atoms with Gasteiger partial charge < -0.3 is 14.6 Å². The lowest BCUT2D eigenvalue weighted by atomic mass is 10.1. The summed E-state index contributed by atoms with van der Waals surface area (Å²) >= 11 is 0. The van der Waals surface area contributed by atoms with Crippen LogP contribution in [0.2, 0.25) is 0 Å². The summed E-state index contributed by atoms with van der Waals surface area (Å²) in [6, 6.07) is 0. The molecule has 0 aliphatic carbocycles. The van der Waals surface area contributed by atoms with E-state index in [2.05, 4.69) is 26.0 Å². The molecule has 0 saturated heterocycles. The van der Waals surface area contributed by atoms with Crippen molar-refractivity contribution in [2.75, 3.05) is 13.2 Å². The molecule has 0 saturated carbocycles. The summed E-state index contributed by atoms with van der Waals surface area (Å²) in [4.78, 5) is 23.9. The normalized spacial score (nSPS) is 12.2. The third-order valence-electron chi connectivity index (χ3n) is 6.56. The fourth-order valence-electron chi connectivity index (χ4n) is 4.19. The molecule has 0 aromatic carbocycles. The summed E-state index contributed by atoms with van der Waals surface area (Å²) in [6.07, 6.45) is 28.3. The smallest absolute Gasteiger partial charge is 0.306 e. The maximum atomic E-state index is 12.0. The minimum atomic E-state index is -0.764. The second-order valence-corrected chi connectivity index (χ2v) is 10.2. The maximum absolute atomic E-state index is 12.0. The Labute approximate surface area is 222 Å². The van der Waals surface area contributed by atoms with Crippen LogP contribution in [0.4, 0.5) is 0 Å². The third-order valence-corrected chi connectivity index (χ3v) is 6.56. The van der Waals surface area contributed by atoms with Gasteiger partial charge in [-0.3, -0.25) is 9.59 Å². The number of aliphatic hydroxyl groups excluding tert-OH is 1. The minimum absolute atomic E-state index is 0.0659. The van der Waals surface area contributed by atoms with Crippen molar-refractivity contribution in [2.45, 2.75) is 161 Å². The molecule has 0 aliphatic heterocycles. The number of carbonyl (C=O) groups excluding carboxylic acids is 2. The van der Waals surface area contributed by atoms with Crippen molar-refractivity contribution in [1.29, 1.82) is 0 Å². The van der Waals surface area contributed by atoms with E-state index in [0.717, 1.165) is 44.9 Å². The number of rotatable bonds is 27. The molecule has 0 aromatic rings. The summed E-state index contributed by atoms with van der Waals surface area (Å²) in [5, 5.41) is 9.44. The van der Waals surface area contributed by atoms with E-state index in [0.29, 0.717) is 12.8 Å². The number of esters is 2. The number of carbonyl (C=O) groups is 2. The Morgan fingerprint density at radius 2 is 1.03 bits per heavy atom. The number of hydrogen-bond donors (Lipinski definition) is 1. The molecule has 212 valence electrons. The zero-order valence-electron chi connectivity index (χ0n) is 23.8. The van der Waals surface area contributed by atoms with Gasteiger partial charge >= 0.3 is 11.9 Å². The topological polar surface area (TPSA) is 72.8 Å². The predicted octanol–water partition coefficient (Wildman–Crippen LogP) is 8.61. The quantitative estimate of drug-likeness (QED) is 0.0680.